The molecule has 0 atom stereocenters. The molecule has 0 aromatic carbocycles. The van der Waals surface area contributed by atoms with Crippen molar-refractivity contribution in [2.45, 2.75) is 34.1 Å². The number of amides is 2. The van der Waals surface area contributed by atoms with Crippen molar-refractivity contribution in [2.24, 2.45) is 0 Å². The van der Waals surface area contributed by atoms with Crippen molar-refractivity contribution in [1.82, 2.24) is 19.7 Å². The van der Waals surface area contributed by atoms with Gasteiger partial charge in [-0.2, -0.15) is 0 Å². The lowest BCUT2D eigenvalue weighted by atomic mass is 10.3. The molecule has 158 valence electrons. The maximum atomic E-state index is 13.1. The van der Waals surface area contributed by atoms with Gasteiger partial charge in [0.05, 0.1) is 12.2 Å². The first kappa shape index (κ1) is 21.5. The van der Waals surface area contributed by atoms with E-state index in [1.165, 1.54) is 11.3 Å². The van der Waals surface area contributed by atoms with E-state index in [-0.39, 0.29) is 11.8 Å². The Morgan fingerprint density at radius 2 is 1.90 bits per heavy atom. The molecule has 0 aliphatic carbocycles. The van der Waals surface area contributed by atoms with Crippen LogP contribution in [0, 0.1) is 13.8 Å². The fourth-order valence-corrected chi connectivity index (χ4v) is 4.59. The molecule has 0 unspecified atom stereocenters. The van der Waals surface area contributed by atoms with Crippen molar-refractivity contribution >= 4 is 23.2 Å². The molecule has 0 spiro atoms. The van der Waals surface area contributed by atoms with Gasteiger partial charge in [0.25, 0.3) is 5.91 Å². The molecular weight excluding hydrogens is 388 g/mol. The lowest BCUT2D eigenvalue weighted by Crippen LogP contribution is -2.42. The van der Waals surface area contributed by atoms with E-state index < -0.39 is 0 Å². The third kappa shape index (κ3) is 5.05. The lowest BCUT2D eigenvalue weighted by Gasteiger charge is -2.25. The fraction of sp³-hybridized carbons (Fsp3) is 0.571. The van der Waals surface area contributed by atoms with Crippen LogP contribution < -0.4 is 0 Å². The van der Waals surface area contributed by atoms with E-state index in [2.05, 4.69) is 9.88 Å². The van der Waals surface area contributed by atoms with Gasteiger partial charge in [0, 0.05) is 39.3 Å². The van der Waals surface area contributed by atoms with E-state index in [1.54, 1.807) is 0 Å². The lowest BCUT2D eigenvalue weighted by molar-refractivity contribution is -0.132. The van der Waals surface area contributed by atoms with Crippen molar-refractivity contribution in [3.8, 4) is 10.8 Å². The summed E-state index contributed by atoms with van der Waals surface area (Å²) < 4.78 is 5.65. The van der Waals surface area contributed by atoms with Gasteiger partial charge in [-0.25, -0.2) is 4.98 Å². The van der Waals surface area contributed by atoms with Gasteiger partial charge in [0.1, 0.15) is 10.6 Å². The van der Waals surface area contributed by atoms with Crippen LogP contribution in [0.3, 0.4) is 0 Å². The number of nitrogens with zero attached hydrogens (tertiary/aromatic N) is 4. The SMILES string of the molecule is CCN(CC)C(=O)CN1CCCN(C(=O)c2sc(-c3ccc(C)o3)nc2C)CC1. The second kappa shape index (κ2) is 9.54. The Morgan fingerprint density at radius 1 is 1.14 bits per heavy atom. The first-order valence-electron chi connectivity index (χ1n) is 10.3. The van der Waals surface area contributed by atoms with Crippen LogP contribution in [0.25, 0.3) is 10.8 Å². The van der Waals surface area contributed by atoms with Crippen LogP contribution in [0.1, 0.15) is 41.4 Å². The van der Waals surface area contributed by atoms with E-state index in [0.717, 1.165) is 42.5 Å². The molecule has 3 rings (SSSR count). The highest BCUT2D eigenvalue weighted by Gasteiger charge is 2.26. The molecule has 1 aliphatic heterocycles. The summed E-state index contributed by atoms with van der Waals surface area (Å²) in [6.07, 6.45) is 0.860. The van der Waals surface area contributed by atoms with Crippen LogP contribution in [-0.2, 0) is 4.79 Å². The van der Waals surface area contributed by atoms with Crippen molar-refractivity contribution in [1.29, 1.82) is 0 Å². The van der Waals surface area contributed by atoms with Gasteiger partial charge in [-0.1, -0.05) is 0 Å². The molecule has 1 aliphatic rings. The monoisotopic (exact) mass is 418 g/mol. The first-order chi connectivity index (χ1) is 13.9. The topological polar surface area (TPSA) is 69.9 Å². The van der Waals surface area contributed by atoms with Crippen LogP contribution in [-0.4, -0.2) is 77.3 Å². The number of aryl methyl sites for hydroxylation is 2. The second-order valence-corrected chi connectivity index (χ2v) is 8.33. The zero-order valence-corrected chi connectivity index (χ0v) is 18.5. The van der Waals surface area contributed by atoms with E-state index in [1.807, 2.05) is 49.6 Å². The molecule has 3 heterocycles. The highest BCUT2D eigenvalue weighted by molar-refractivity contribution is 7.17. The minimum absolute atomic E-state index is 0.0199. The molecule has 0 saturated carbocycles. The average Bonchev–Trinajstić information content (AvgIpc) is 3.22. The number of hydrogen-bond acceptors (Lipinski definition) is 6. The number of hydrogen-bond donors (Lipinski definition) is 0. The summed E-state index contributed by atoms with van der Waals surface area (Å²) in [4.78, 5) is 36.6. The van der Waals surface area contributed by atoms with E-state index >= 15 is 0 Å². The number of aromatic nitrogens is 1. The highest BCUT2D eigenvalue weighted by atomic mass is 32.1. The van der Waals surface area contributed by atoms with Crippen molar-refractivity contribution in [3.63, 3.8) is 0 Å². The molecular formula is C21H30N4O3S. The van der Waals surface area contributed by atoms with Crippen LogP contribution in [0.15, 0.2) is 16.5 Å². The molecule has 1 saturated heterocycles. The Morgan fingerprint density at radius 3 is 2.55 bits per heavy atom. The molecule has 2 amide bonds. The summed E-state index contributed by atoms with van der Waals surface area (Å²) in [5.41, 5.74) is 0.738. The number of rotatable bonds is 6. The van der Waals surface area contributed by atoms with Gasteiger partial charge >= 0.3 is 0 Å². The Kier molecular flexibility index (Phi) is 7.08. The first-order valence-corrected chi connectivity index (χ1v) is 11.1. The summed E-state index contributed by atoms with van der Waals surface area (Å²) in [6, 6.07) is 3.79. The Labute approximate surface area is 176 Å². The van der Waals surface area contributed by atoms with Crippen LogP contribution in [0.2, 0.25) is 0 Å². The molecule has 2 aromatic rings. The molecule has 1 fully saturated rings. The fourth-order valence-electron chi connectivity index (χ4n) is 3.59. The summed E-state index contributed by atoms with van der Waals surface area (Å²) >= 11 is 1.39. The third-order valence-corrected chi connectivity index (χ3v) is 6.45. The normalized spacial score (nSPS) is 15.4. The predicted molar refractivity (Wildman–Crippen MR) is 114 cm³/mol. The zero-order valence-electron chi connectivity index (χ0n) is 17.7. The Hall–Kier alpha value is -2.19. The Bertz CT molecular complexity index is 856. The van der Waals surface area contributed by atoms with Gasteiger partial charge < -0.3 is 14.2 Å². The number of likely N-dealkylation sites (N-methyl/N-ethyl adjacent to an activating group) is 1. The zero-order chi connectivity index (χ0) is 21.0. The molecule has 29 heavy (non-hydrogen) atoms. The van der Waals surface area contributed by atoms with Gasteiger partial charge in [-0.05, 0) is 46.2 Å². The summed E-state index contributed by atoms with van der Waals surface area (Å²) in [7, 11) is 0. The van der Waals surface area contributed by atoms with Crippen LogP contribution >= 0.6 is 11.3 Å². The largest absolute Gasteiger partial charge is 0.459 e. The molecule has 0 N–H and O–H groups in total. The van der Waals surface area contributed by atoms with E-state index in [4.69, 9.17) is 4.42 Å². The molecule has 0 bridgehead atoms. The van der Waals surface area contributed by atoms with Crippen molar-refractivity contribution < 1.29 is 14.0 Å². The number of carbonyl (C=O) groups is 2. The number of furan rings is 1. The van der Waals surface area contributed by atoms with E-state index in [0.29, 0.717) is 36.8 Å². The maximum Gasteiger partial charge on any atom is 0.265 e. The standard InChI is InChI=1S/C21H30N4O3S/c1-5-24(6-2)18(26)14-23-10-7-11-25(13-12-23)21(27)19-16(4)22-20(29-19)17-9-8-15(3)28-17/h8-9H,5-7,10-14H2,1-4H3. The van der Waals surface area contributed by atoms with Crippen LogP contribution in [0.5, 0.6) is 0 Å². The van der Waals surface area contributed by atoms with Gasteiger partial charge in [-0.3, -0.25) is 14.5 Å². The second-order valence-electron chi connectivity index (χ2n) is 7.33. The minimum Gasteiger partial charge on any atom is -0.459 e. The number of thiazole rings is 1. The summed E-state index contributed by atoms with van der Waals surface area (Å²) in [5, 5.41) is 0.736. The summed E-state index contributed by atoms with van der Waals surface area (Å²) in [5.74, 6) is 1.71. The smallest absolute Gasteiger partial charge is 0.265 e. The van der Waals surface area contributed by atoms with Crippen LogP contribution in [0.4, 0.5) is 0 Å². The molecule has 7 nitrogen and oxygen atoms in total. The predicted octanol–water partition coefficient (Wildman–Crippen LogP) is 3.04. The van der Waals surface area contributed by atoms with Gasteiger partial charge in [0.15, 0.2) is 10.8 Å². The molecule has 0 radical (unpaired) electrons. The molecule has 2 aromatic heterocycles. The minimum atomic E-state index is 0.0199. The maximum absolute atomic E-state index is 13.1. The quantitative estimate of drug-likeness (QED) is 0.721. The highest BCUT2D eigenvalue weighted by Crippen LogP contribution is 2.30. The van der Waals surface area contributed by atoms with Gasteiger partial charge in [-0.15, -0.1) is 11.3 Å². The number of carbonyl (C=O) groups excluding carboxylic acids is 2. The average molecular weight is 419 g/mol. The summed E-state index contributed by atoms with van der Waals surface area (Å²) in [6.45, 7) is 12.5. The Balaban J connectivity index is 1.64. The third-order valence-electron chi connectivity index (χ3n) is 5.29. The van der Waals surface area contributed by atoms with Gasteiger partial charge in [0.2, 0.25) is 5.91 Å². The van der Waals surface area contributed by atoms with Crippen molar-refractivity contribution in [2.75, 3.05) is 45.8 Å². The van der Waals surface area contributed by atoms with Crippen molar-refractivity contribution in [3.05, 3.63) is 28.5 Å². The molecule has 8 heteroatoms. The van der Waals surface area contributed by atoms with E-state index in [9.17, 15) is 9.59 Å².